The first-order valence-corrected chi connectivity index (χ1v) is 9.75. The van der Waals surface area contributed by atoms with Crippen molar-refractivity contribution in [1.29, 1.82) is 0 Å². The van der Waals surface area contributed by atoms with Crippen LogP contribution in [-0.2, 0) is 16.1 Å². The lowest BCUT2D eigenvalue weighted by Crippen LogP contribution is -2.30. The van der Waals surface area contributed by atoms with E-state index < -0.39 is 0 Å². The molecule has 3 aromatic carbocycles. The Morgan fingerprint density at radius 2 is 1.39 bits per heavy atom. The fourth-order valence-electron chi connectivity index (χ4n) is 4.39. The molecule has 3 atom stereocenters. The van der Waals surface area contributed by atoms with Crippen molar-refractivity contribution >= 4 is 5.97 Å². The monoisotopic (exact) mass is 371 g/mol. The second kappa shape index (κ2) is 8.41. The highest BCUT2D eigenvalue weighted by atomic mass is 16.5. The molecule has 0 aliphatic carbocycles. The van der Waals surface area contributed by atoms with Gasteiger partial charge in [-0.25, -0.2) is 0 Å². The molecule has 28 heavy (non-hydrogen) atoms. The Labute approximate surface area is 166 Å². The van der Waals surface area contributed by atoms with Gasteiger partial charge in [-0.2, -0.15) is 0 Å². The van der Waals surface area contributed by atoms with Gasteiger partial charge in [-0.05, 0) is 23.1 Å². The van der Waals surface area contributed by atoms with Crippen molar-refractivity contribution < 1.29 is 9.53 Å². The zero-order chi connectivity index (χ0) is 19.3. The van der Waals surface area contributed by atoms with Gasteiger partial charge in [-0.15, -0.1) is 0 Å². The third-order valence-corrected chi connectivity index (χ3v) is 5.65. The van der Waals surface area contributed by atoms with Crippen LogP contribution in [0.5, 0.6) is 0 Å². The molecule has 3 aromatic rings. The highest BCUT2D eigenvalue weighted by molar-refractivity contribution is 5.74. The first kappa shape index (κ1) is 18.5. The maximum absolute atomic E-state index is 12.7. The number of carbonyl (C=O) groups is 1. The molecule has 1 fully saturated rings. The number of methoxy groups -OCH3 is 1. The average Bonchev–Trinajstić information content (AvgIpc) is 3.14. The van der Waals surface area contributed by atoms with Crippen LogP contribution in [0.1, 0.15) is 35.2 Å². The van der Waals surface area contributed by atoms with E-state index in [1.807, 2.05) is 30.3 Å². The number of benzene rings is 3. The fourth-order valence-corrected chi connectivity index (χ4v) is 4.39. The quantitative estimate of drug-likeness (QED) is 0.580. The summed E-state index contributed by atoms with van der Waals surface area (Å²) in [6.07, 6.45) is 0.753. The third-order valence-electron chi connectivity index (χ3n) is 5.65. The van der Waals surface area contributed by atoms with E-state index in [4.69, 9.17) is 4.74 Å². The molecule has 0 unspecified atom stereocenters. The van der Waals surface area contributed by atoms with Crippen molar-refractivity contribution in [3.05, 3.63) is 108 Å². The van der Waals surface area contributed by atoms with Gasteiger partial charge in [0.25, 0.3) is 0 Å². The van der Waals surface area contributed by atoms with Crippen LogP contribution in [0.4, 0.5) is 0 Å². The van der Waals surface area contributed by atoms with Crippen LogP contribution in [0.15, 0.2) is 91.0 Å². The highest BCUT2D eigenvalue weighted by Crippen LogP contribution is 2.49. The molecule has 0 bridgehead atoms. The van der Waals surface area contributed by atoms with Gasteiger partial charge in [-0.3, -0.25) is 9.69 Å². The average molecular weight is 371 g/mol. The molecule has 4 rings (SSSR count). The van der Waals surface area contributed by atoms with Crippen molar-refractivity contribution in [2.75, 3.05) is 7.11 Å². The summed E-state index contributed by atoms with van der Waals surface area (Å²) in [4.78, 5) is 15.2. The predicted octanol–water partition coefficient (Wildman–Crippen LogP) is 5.16. The van der Waals surface area contributed by atoms with Crippen LogP contribution in [0, 0.1) is 5.92 Å². The van der Waals surface area contributed by atoms with Gasteiger partial charge in [0.15, 0.2) is 0 Å². The van der Waals surface area contributed by atoms with E-state index in [9.17, 15) is 4.79 Å². The number of hydrogen-bond acceptors (Lipinski definition) is 3. The summed E-state index contributed by atoms with van der Waals surface area (Å²) in [6, 6.07) is 31.4. The second-order valence-corrected chi connectivity index (χ2v) is 7.31. The van der Waals surface area contributed by atoms with E-state index in [2.05, 4.69) is 65.6 Å². The Kier molecular flexibility index (Phi) is 5.54. The van der Waals surface area contributed by atoms with E-state index in [0.717, 1.165) is 18.5 Å². The molecule has 0 N–H and O–H groups in total. The minimum atomic E-state index is -0.193. The summed E-state index contributed by atoms with van der Waals surface area (Å²) in [5.41, 5.74) is 3.65. The Morgan fingerprint density at radius 3 is 1.96 bits per heavy atom. The number of carbonyl (C=O) groups excluding carboxylic acids is 1. The molecule has 3 nitrogen and oxygen atoms in total. The largest absolute Gasteiger partial charge is 0.469 e. The van der Waals surface area contributed by atoms with E-state index >= 15 is 0 Å². The van der Waals surface area contributed by atoms with E-state index in [0.29, 0.717) is 0 Å². The Hall–Kier alpha value is -2.91. The number of likely N-dealkylation sites (tertiary alicyclic amines) is 1. The topological polar surface area (TPSA) is 29.5 Å². The van der Waals surface area contributed by atoms with Gasteiger partial charge in [0.1, 0.15) is 0 Å². The molecule has 1 heterocycles. The zero-order valence-corrected chi connectivity index (χ0v) is 16.1. The van der Waals surface area contributed by atoms with Gasteiger partial charge in [-0.1, -0.05) is 91.0 Å². The predicted molar refractivity (Wildman–Crippen MR) is 110 cm³/mol. The van der Waals surface area contributed by atoms with Gasteiger partial charge < -0.3 is 4.74 Å². The first-order chi connectivity index (χ1) is 13.8. The number of hydrogen-bond donors (Lipinski definition) is 0. The van der Waals surface area contributed by atoms with Crippen molar-refractivity contribution in [3.8, 4) is 0 Å². The van der Waals surface area contributed by atoms with Crippen molar-refractivity contribution in [3.63, 3.8) is 0 Å². The van der Waals surface area contributed by atoms with Crippen molar-refractivity contribution in [2.45, 2.75) is 25.0 Å². The SMILES string of the molecule is COC(=O)[C@H]1C[C@H](c2ccccc2)N(Cc2ccccc2)[C@H]1c1ccccc1. The Balaban J connectivity index is 1.78. The zero-order valence-electron chi connectivity index (χ0n) is 16.1. The molecular formula is C25H25NO2. The smallest absolute Gasteiger partial charge is 0.310 e. The molecule has 0 saturated carbocycles. The summed E-state index contributed by atoms with van der Waals surface area (Å²) in [5.74, 6) is -0.327. The summed E-state index contributed by atoms with van der Waals surface area (Å²) < 4.78 is 5.20. The number of ether oxygens (including phenoxy) is 1. The van der Waals surface area contributed by atoms with Crippen LogP contribution >= 0.6 is 0 Å². The lowest BCUT2D eigenvalue weighted by atomic mass is 9.92. The summed E-state index contributed by atoms with van der Waals surface area (Å²) >= 11 is 0. The molecule has 0 aromatic heterocycles. The van der Waals surface area contributed by atoms with E-state index in [1.165, 1.54) is 18.2 Å². The maximum atomic E-state index is 12.7. The standard InChI is InChI=1S/C25H25NO2/c1-28-25(27)22-17-23(20-13-7-3-8-14-20)26(18-19-11-5-2-6-12-19)24(22)21-15-9-4-10-16-21/h2-16,22-24H,17-18H2,1H3/t22-,23+,24-/m0/s1. The molecule has 142 valence electrons. The molecule has 0 radical (unpaired) electrons. The number of nitrogens with zero attached hydrogens (tertiary/aromatic N) is 1. The molecular weight excluding hydrogens is 346 g/mol. The minimum Gasteiger partial charge on any atom is -0.469 e. The second-order valence-electron chi connectivity index (χ2n) is 7.31. The van der Waals surface area contributed by atoms with Gasteiger partial charge >= 0.3 is 5.97 Å². The Bertz CT molecular complexity index is 896. The fraction of sp³-hybridized carbons (Fsp3) is 0.240. The van der Waals surface area contributed by atoms with Gasteiger partial charge in [0.05, 0.1) is 13.0 Å². The van der Waals surface area contributed by atoms with Crippen LogP contribution in [0.3, 0.4) is 0 Å². The van der Waals surface area contributed by atoms with Gasteiger partial charge in [0.2, 0.25) is 0 Å². The van der Waals surface area contributed by atoms with Crippen molar-refractivity contribution in [1.82, 2.24) is 4.90 Å². The van der Waals surface area contributed by atoms with Crippen LogP contribution in [0.2, 0.25) is 0 Å². The summed E-state index contributed by atoms with van der Waals surface area (Å²) in [5, 5.41) is 0. The van der Waals surface area contributed by atoms with Crippen LogP contribution in [0.25, 0.3) is 0 Å². The van der Waals surface area contributed by atoms with Gasteiger partial charge in [0, 0.05) is 18.6 Å². The van der Waals surface area contributed by atoms with E-state index in [-0.39, 0.29) is 24.0 Å². The molecule has 3 heteroatoms. The minimum absolute atomic E-state index is 0.0148. The Morgan fingerprint density at radius 1 is 0.857 bits per heavy atom. The van der Waals surface area contributed by atoms with Crippen molar-refractivity contribution in [2.24, 2.45) is 5.92 Å². The number of esters is 1. The van der Waals surface area contributed by atoms with E-state index in [1.54, 1.807) is 0 Å². The highest BCUT2D eigenvalue weighted by Gasteiger charge is 2.46. The third kappa shape index (κ3) is 3.71. The normalized spacial score (nSPS) is 22.1. The van der Waals surface area contributed by atoms with Crippen LogP contribution < -0.4 is 0 Å². The molecule has 1 saturated heterocycles. The lowest BCUT2D eigenvalue weighted by Gasteiger charge is -2.32. The maximum Gasteiger partial charge on any atom is 0.310 e. The van der Waals surface area contributed by atoms with Crippen LogP contribution in [-0.4, -0.2) is 18.0 Å². The number of rotatable bonds is 5. The first-order valence-electron chi connectivity index (χ1n) is 9.75. The molecule has 0 amide bonds. The molecule has 1 aliphatic rings. The lowest BCUT2D eigenvalue weighted by molar-refractivity contribution is -0.146. The molecule has 1 aliphatic heterocycles. The summed E-state index contributed by atoms with van der Waals surface area (Å²) in [6.45, 7) is 0.785. The summed E-state index contributed by atoms with van der Waals surface area (Å²) in [7, 11) is 1.49. The molecule has 0 spiro atoms.